The Morgan fingerprint density at radius 1 is 1.25 bits per heavy atom. The summed E-state index contributed by atoms with van der Waals surface area (Å²) in [6, 6.07) is -0.0211. The van der Waals surface area contributed by atoms with Crippen molar-refractivity contribution in [1.29, 1.82) is 0 Å². The summed E-state index contributed by atoms with van der Waals surface area (Å²) in [7, 11) is 3.70. The maximum atomic E-state index is 9.67. The highest BCUT2D eigenvalue weighted by molar-refractivity contribution is 5.86. The van der Waals surface area contributed by atoms with Crippen LogP contribution in [0.25, 0.3) is 11.0 Å². The number of anilines is 2. The molecule has 3 aromatic heterocycles. The van der Waals surface area contributed by atoms with Crippen LogP contribution in [0.2, 0.25) is 0 Å². The van der Waals surface area contributed by atoms with Gasteiger partial charge in [-0.15, -0.1) is 0 Å². The van der Waals surface area contributed by atoms with Gasteiger partial charge < -0.3 is 16.2 Å². The van der Waals surface area contributed by atoms with Gasteiger partial charge in [0.1, 0.15) is 5.82 Å². The quantitative estimate of drug-likeness (QED) is 0.641. The summed E-state index contributed by atoms with van der Waals surface area (Å²) in [5.41, 5.74) is 7.76. The number of nitrogens with one attached hydrogen (secondary N) is 1. The molecule has 1 aliphatic carbocycles. The van der Waals surface area contributed by atoms with Gasteiger partial charge in [0.25, 0.3) is 0 Å². The number of nitrogens with zero attached hydrogens (tertiary/aromatic N) is 6. The average Bonchev–Trinajstić information content (AvgIpc) is 3.09. The van der Waals surface area contributed by atoms with Crippen LogP contribution in [0.3, 0.4) is 0 Å². The van der Waals surface area contributed by atoms with E-state index in [4.69, 9.17) is 5.73 Å². The maximum absolute atomic E-state index is 9.67. The third-order valence-corrected chi connectivity index (χ3v) is 4.61. The topological polar surface area (TPSA) is 120 Å². The fraction of sp³-hybridized carbons (Fsp3) is 0.467. The highest BCUT2D eigenvalue weighted by Crippen LogP contribution is 2.39. The van der Waals surface area contributed by atoms with Gasteiger partial charge in [-0.1, -0.05) is 0 Å². The molecule has 0 amide bonds. The second kappa shape index (κ2) is 5.45. The number of aliphatic hydroxyl groups excluding tert-OH is 1. The average molecular weight is 328 g/mol. The zero-order valence-corrected chi connectivity index (χ0v) is 13.6. The molecule has 1 atom stereocenters. The molecule has 0 radical (unpaired) electrons. The second-order valence-electron chi connectivity index (χ2n) is 6.39. The van der Waals surface area contributed by atoms with Crippen molar-refractivity contribution in [3.63, 3.8) is 0 Å². The van der Waals surface area contributed by atoms with Crippen molar-refractivity contribution < 1.29 is 5.11 Å². The van der Waals surface area contributed by atoms with Crippen molar-refractivity contribution in [3.05, 3.63) is 24.2 Å². The molecule has 0 spiro atoms. The van der Waals surface area contributed by atoms with Crippen molar-refractivity contribution in [2.45, 2.75) is 25.0 Å². The van der Waals surface area contributed by atoms with Crippen LogP contribution in [0, 0.1) is 5.92 Å². The van der Waals surface area contributed by atoms with Gasteiger partial charge in [-0.05, 0) is 18.8 Å². The Hall–Kier alpha value is -2.68. The first-order chi connectivity index (χ1) is 11.5. The van der Waals surface area contributed by atoms with E-state index >= 15 is 0 Å². The standard InChI is InChI=1S/C15H20N8O/c1-22-7-9(5-17-22)12(8-3-10(24)4-8)19-15-20-13(16)11-6-18-23(2)14(11)21-15/h5-8,10,12,24H,3-4H2,1-2H3,(H3,16,19,20,21)/t8?,10?,12-/m0/s1. The van der Waals surface area contributed by atoms with Crippen LogP contribution in [0.1, 0.15) is 24.4 Å². The van der Waals surface area contributed by atoms with E-state index in [0.717, 1.165) is 23.8 Å². The SMILES string of the molecule is Cn1cc([C@@H](Nc2nc(N)c3cnn(C)c3n2)C2CC(O)C2)cn1. The number of fused-ring (bicyclic) bond motifs is 1. The van der Waals surface area contributed by atoms with E-state index in [2.05, 4.69) is 25.5 Å². The van der Waals surface area contributed by atoms with Crippen molar-refractivity contribution >= 4 is 22.8 Å². The van der Waals surface area contributed by atoms with Crippen LogP contribution in [-0.4, -0.2) is 40.7 Å². The van der Waals surface area contributed by atoms with Crippen molar-refractivity contribution in [2.24, 2.45) is 20.0 Å². The molecule has 1 fully saturated rings. The van der Waals surface area contributed by atoms with Crippen molar-refractivity contribution in [2.75, 3.05) is 11.1 Å². The summed E-state index contributed by atoms with van der Waals surface area (Å²) in [5, 5.41) is 22.2. The lowest BCUT2D eigenvalue weighted by atomic mass is 9.75. The van der Waals surface area contributed by atoms with Crippen LogP contribution in [0.4, 0.5) is 11.8 Å². The number of nitrogen functional groups attached to an aromatic ring is 1. The van der Waals surface area contributed by atoms with Gasteiger partial charge in [0.15, 0.2) is 5.65 Å². The Labute approximate surface area is 138 Å². The lowest BCUT2D eigenvalue weighted by Crippen LogP contribution is -2.36. The van der Waals surface area contributed by atoms with E-state index < -0.39 is 0 Å². The lowest BCUT2D eigenvalue weighted by Gasteiger charge is -2.37. The number of nitrogens with two attached hydrogens (primary N) is 1. The number of hydrogen-bond acceptors (Lipinski definition) is 7. The van der Waals surface area contributed by atoms with Crippen LogP contribution in [-0.2, 0) is 14.1 Å². The minimum Gasteiger partial charge on any atom is -0.393 e. The summed E-state index contributed by atoms with van der Waals surface area (Å²) < 4.78 is 3.43. The molecule has 0 aromatic carbocycles. The first kappa shape index (κ1) is 14.9. The molecule has 126 valence electrons. The molecule has 0 aliphatic heterocycles. The molecule has 0 bridgehead atoms. The van der Waals surface area contributed by atoms with Gasteiger partial charge in [-0.3, -0.25) is 9.36 Å². The molecule has 0 saturated heterocycles. The molecule has 4 rings (SSSR count). The Morgan fingerprint density at radius 2 is 2.04 bits per heavy atom. The molecule has 9 nitrogen and oxygen atoms in total. The zero-order valence-electron chi connectivity index (χ0n) is 13.6. The van der Waals surface area contributed by atoms with Crippen LogP contribution >= 0.6 is 0 Å². The number of hydrogen-bond donors (Lipinski definition) is 3. The molecule has 1 aliphatic rings. The van der Waals surface area contributed by atoms with Gasteiger partial charge in [0, 0.05) is 25.9 Å². The lowest BCUT2D eigenvalue weighted by molar-refractivity contribution is 0.0338. The highest BCUT2D eigenvalue weighted by Gasteiger charge is 2.36. The fourth-order valence-corrected chi connectivity index (χ4v) is 3.22. The van der Waals surface area contributed by atoms with E-state index in [1.165, 1.54) is 0 Å². The number of aliphatic hydroxyl groups is 1. The summed E-state index contributed by atoms with van der Waals surface area (Å²) in [4.78, 5) is 8.90. The third-order valence-electron chi connectivity index (χ3n) is 4.61. The van der Waals surface area contributed by atoms with Crippen molar-refractivity contribution in [1.82, 2.24) is 29.5 Å². The van der Waals surface area contributed by atoms with Gasteiger partial charge in [-0.25, -0.2) is 0 Å². The Balaban J connectivity index is 1.68. The monoisotopic (exact) mass is 328 g/mol. The number of rotatable bonds is 4. The molecule has 3 aromatic rings. The molecular formula is C15H20N8O. The molecular weight excluding hydrogens is 308 g/mol. The van der Waals surface area contributed by atoms with E-state index in [-0.39, 0.29) is 12.1 Å². The molecule has 4 N–H and O–H groups in total. The van der Waals surface area contributed by atoms with E-state index in [0.29, 0.717) is 23.3 Å². The summed E-state index contributed by atoms with van der Waals surface area (Å²) >= 11 is 0. The minimum atomic E-state index is -0.235. The Morgan fingerprint density at radius 3 is 2.71 bits per heavy atom. The zero-order chi connectivity index (χ0) is 16.8. The van der Waals surface area contributed by atoms with Gasteiger partial charge >= 0.3 is 0 Å². The van der Waals surface area contributed by atoms with Crippen LogP contribution < -0.4 is 11.1 Å². The first-order valence-electron chi connectivity index (χ1n) is 7.89. The predicted octanol–water partition coefficient (Wildman–Crippen LogP) is 0.603. The second-order valence-corrected chi connectivity index (χ2v) is 6.39. The summed E-state index contributed by atoms with van der Waals surface area (Å²) in [5.74, 6) is 1.16. The van der Waals surface area contributed by atoms with Crippen LogP contribution in [0.15, 0.2) is 18.6 Å². The molecule has 3 heterocycles. The maximum Gasteiger partial charge on any atom is 0.227 e. The van der Waals surface area contributed by atoms with E-state index in [9.17, 15) is 5.11 Å². The predicted molar refractivity (Wildman–Crippen MR) is 89.0 cm³/mol. The van der Waals surface area contributed by atoms with Crippen LogP contribution in [0.5, 0.6) is 0 Å². The largest absolute Gasteiger partial charge is 0.393 e. The minimum absolute atomic E-state index is 0.0211. The molecule has 24 heavy (non-hydrogen) atoms. The molecule has 1 saturated carbocycles. The van der Waals surface area contributed by atoms with E-state index in [1.807, 2.05) is 26.5 Å². The summed E-state index contributed by atoms with van der Waals surface area (Å²) in [6.45, 7) is 0. The number of aryl methyl sites for hydroxylation is 2. The van der Waals surface area contributed by atoms with E-state index in [1.54, 1.807) is 15.6 Å². The molecule has 9 heteroatoms. The summed E-state index contributed by atoms with van der Waals surface area (Å²) in [6.07, 6.45) is 6.71. The molecule has 0 unspecified atom stereocenters. The number of aromatic nitrogens is 6. The Bertz CT molecular complexity index is 879. The highest BCUT2D eigenvalue weighted by atomic mass is 16.3. The Kier molecular flexibility index (Phi) is 3.38. The van der Waals surface area contributed by atoms with Gasteiger partial charge in [0.2, 0.25) is 5.95 Å². The normalized spacial score (nSPS) is 21.6. The van der Waals surface area contributed by atoms with Gasteiger partial charge in [-0.2, -0.15) is 20.2 Å². The van der Waals surface area contributed by atoms with Crippen molar-refractivity contribution in [3.8, 4) is 0 Å². The fourth-order valence-electron chi connectivity index (χ4n) is 3.22. The first-order valence-corrected chi connectivity index (χ1v) is 7.89. The smallest absolute Gasteiger partial charge is 0.227 e. The van der Waals surface area contributed by atoms with Gasteiger partial charge in [0.05, 0.1) is 29.9 Å². The third kappa shape index (κ3) is 2.46.